The molecule has 2 aromatic heterocycles. The molecule has 1 N–H and O–H groups in total. The van der Waals surface area contributed by atoms with Crippen molar-refractivity contribution in [2.45, 2.75) is 19.1 Å². The van der Waals surface area contributed by atoms with E-state index in [1.54, 1.807) is 23.3 Å². The number of nitrogens with zero attached hydrogens (tertiary/aromatic N) is 5. The van der Waals surface area contributed by atoms with Crippen LogP contribution in [0, 0.1) is 5.82 Å². The first-order valence-electron chi connectivity index (χ1n) is 8.10. The molecule has 158 valence electrons. The third-order valence-corrected chi connectivity index (χ3v) is 3.87. The quantitative estimate of drug-likeness (QED) is 0.204. The Labute approximate surface area is 170 Å². The van der Waals surface area contributed by atoms with Crippen LogP contribution < -0.4 is 5.32 Å². The molecule has 0 saturated carbocycles. The van der Waals surface area contributed by atoms with Gasteiger partial charge in [-0.25, -0.2) is 18.8 Å². The molecule has 0 spiro atoms. The molecular weight excluding hydrogens is 436 g/mol. The van der Waals surface area contributed by atoms with E-state index in [1.165, 1.54) is 6.07 Å². The number of aromatic nitrogens is 4. The standard InChI is InChI=1S/C16H11ClF4N6O3/c17-10-7-9(1-2-11(10)18)23-14(26-29-15(28)16(19,20)21)13-12(24-30-25-13)3-5-27-6-4-22-8-27/h1-2,4,6-8H,3,5H2,(H,23,26). The van der Waals surface area contributed by atoms with Gasteiger partial charge >= 0.3 is 12.1 Å². The van der Waals surface area contributed by atoms with Crippen molar-refractivity contribution in [2.24, 2.45) is 5.16 Å². The number of aryl methyl sites for hydroxylation is 2. The number of rotatable bonds is 6. The first-order chi connectivity index (χ1) is 14.2. The summed E-state index contributed by atoms with van der Waals surface area (Å²) in [6, 6.07) is 3.41. The molecule has 0 aliphatic carbocycles. The molecule has 0 saturated heterocycles. The van der Waals surface area contributed by atoms with Crippen molar-refractivity contribution in [3.8, 4) is 0 Å². The number of anilines is 1. The first kappa shape index (κ1) is 21.2. The van der Waals surface area contributed by atoms with E-state index in [1.807, 2.05) is 0 Å². The Hall–Kier alpha value is -3.48. The molecule has 0 radical (unpaired) electrons. The van der Waals surface area contributed by atoms with Crippen molar-refractivity contribution in [1.29, 1.82) is 0 Å². The lowest BCUT2D eigenvalue weighted by molar-refractivity contribution is -0.199. The third-order valence-electron chi connectivity index (χ3n) is 3.58. The fraction of sp³-hybridized carbons (Fsp3) is 0.188. The van der Waals surface area contributed by atoms with Gasteiger partial charge in [0.15, 0.2) is 5.69 Å². The number of alkyl halides is 3. The van der Waals surface area contributed by atoms with Gasteiger partial charge in [0.2, 0.25) is 5.84 Å². The Kier molecular flexibility index (Phi) is 6.30. The highest BCUT2D eigenvalue weighted by Crippen LogP contribution is 2.21. The third kappa shape index (κ3) is 5.31. The summed E-state index contributed by atoms with van der Waals surface area (Å²) in [5.41, 5.74) is 0.212. The number of halogens is 5. The van der Waals surface area contributed by atoms with Crippen LogP contribution in [0.25, 0.3) is 0 Å². The Morgan fingerprint density at radius 2 is 2.13 bits per heavy atom. The fourth-order valence-corrected chi connectivity index (χ4v) is 2.36. The largest absolute Gasteiger partial charge is 0.493 e. The molecule has 3 aromatic rings. The predicted octanol–water partition coefficient (Wildman–Crippen LogP) is 3.18. The molecule has 0 aliphatic rings. The molecule has 14 heteroatoms. The summed E-state index contributed by atoms with van der Waals surface area (Å²) in [5.74, 6) is -3.69. The second-order valence-electron chi connectivity index (χ2n) is 5.68. The van der Waals surface area contributed by atoms with Crippen LogP contribution >= 0.6 is 11.6 Å². The second kappa shape index (κ2) is 8.90. The summed E-state index contributed by atoms with van der Waals surface area (Å²) < 4.78 is 57.1. The van der Waals surface area contributed by atoms with Crippen LogP contribution in [0.15, 0.2) is 46.7 Å². The van der Waals surface area contributed by atoms with Gasteiger partial charge in [-0.1, -0.05) is 21.9 Å². The molecule has 3 rings (SSSR count). The van der Waals surface area contributed by atoms with Gasteiger partial charge in [0.1, 0.15) is 11.5 Å². The Morgan fingerprint density at radius 1 is 1.33 bits per heavy atom. The van der Waals surface area contributed by atoms with E-state index >= 15 is 0 Å². The van der Waals surface area contributed by atoms with Crippen LogP contribution in [0.3, 0.4) is 0 Å². The second-order valence-corrected chi connectivity index (χ2v) is 6.09. The molecule has 30 heavy (non-hydrogen) atoms. The molecule has 9 nitrogen and oxygen atoms in total. The highest BCUT2D eigenvalue weighted by molar-refractivity contribution is 6.31. The molecule has 0 unspecified atom stereocenters. The van der Waals surface area contributed by atoms with E-state index in [0.717, 1.165) is 12.1 Å². The first-order valence-corrected chi connectivity index (χ1v) is 8.47. The van der Waals surface area contributed by atoms with Gasteiger partial charge < -0.3 is 14.7 Å². The maximum Gasteiger partial charge on any atom is 0.493 e. The zero-order valence-electron chi connectivity index (χ0n) is 14.7. The number of carbonyl (C=O) groups is 1. The normalized spacial score (nSPS) is 12.1. The zero-order valence-corrected chi connectivity index (χ0v) is 15.5. The predicted molar refractivity (Wildman–Crippen MR) is 93.9 cm³/mol. The summed E-state index contributed by atoms with van der Waals surface area (Å²) in [4.78, 5) is 18.9. The van der Waals surface area contributed by atoms with Crippen LogP contribution in [0.2, 0.25) is 5.02 Å². The molecule has 0 aliphatic heterocycles. The molecule has 0 atom stereocenters. The molecule has 0 amide bonds. The summed E-state index contributed by atoms with van der Waals surface area (Å²) in [7, 11) is 0. The van der Waals surface area contributed by atoms with Gasteiger partial charge in [0, 0.05) is 31.0 Å². The Morgan fingerprint density at radius 3 is 2.80 bits per heavy atom. The number of carbonyl (C=O) groups excluding carboxylic acids is 1. The van der Waals surface area contributed by atoms with Gasteiger partial charge in [0.05, 0.1) is 11.3 Å². The van der Waals surface area contributed by atoms with E-state index in [4.69, 9.17) is 11.6 Å². The van der Waals surface area contributed by atoms with Gasteiger partial charge in [-0.05, 0) is 23.4 Å². The lowest BCUT2D eigenvalue weighted by atomic mass is 10.2. The highest BCUT2D eigenvalue weighted by Gasteiger charge is 2.42. The van der Waals surface area contributed by atoms with E-state index in [-0.39, 0.29) is 28.5 Å². The number of benzene rings is 1. The number of nitrogens with one attached hydrogen (secondary N) is 1. The molecule has 0 bridgehead atoms. The topological polar surface area (TPSA) is 107 Å². The number of amidine groups is 1. The smallest absolute Gasteiger partial charge is 0.337 e. The summed E-state index contributed by atoms with van der Waals surface area (Å²) in [6.45, 7) is 0.388. The zero-order chi connectivity index (χ0) is 21.7. The van der Waals surface area contributed by atoms with Crippen molar-refractivity contribution in [2.75, 3.05) is 5.32 Å². The lowest BCUT2D eigenvalue weighted by Crippen LogP contribution is -2.25. The van der Waals surface area contributed by atoms with Crippen molar-refractivity contribution < 1.29 is 31.8 Å². The SMILES string of the molecule is O=C(ON=C(Nc1ccc(F)c(Cl)c1)c1nonc1CCn1ccnc1)C(F)(F)F. The average Bonchev–Trinajstić information content (AvgIpc) is 3.36. The average molecular weight is 447 g/mol. The number of oxime groups is 1. The van der Waals surface area contributed by atoms with Crippen molar-refractivity contribution in [1.82, 2.24) is 19.9 Å². The van der Waals surface area contributed by atoms with Crippen LogP contribution in [0.4, 0.5) is 23.2 Å². The maximum atomic E-state index is 13.4. The van der Waals surface area contributed by atoms with E-state index in [0.29, 0.717) is 6.54 Å². The van der Waals surface area contributed by atoms with Gasteiger partial charge in [-0.3, -0.25) is 0 Å². The van der Waals surface area contributed by atoms with Crippen LogP contribution in [0.5, 0.6) is 0 Å². The fourth-order valence-electron chi connectivity index (χ4n) is 2.18. The molecule has 2 heterocycles. The van der Waals surface area contributed by atoms with Crippen molar-refractivity contribution in [3.05, 3.63) is 59.1 Å². The van der Waals surface area contributed by atoms with Gasteiger partial charge in [-0.15, -0.1) is 0 Å². The Bertz CT molecular complexity index is 1050. The number of hydrogen-bond donors (Lipinski definition) is 1. The van der Waals surface area contributed by atoms with E-state index in [9.17, 15) is 22.4 Å². The van der Waals surface area contributed by atoms with E-state index < -0.39 is 23.8 Å². The molecular formula is C16H11ClF4N6O3. The minimum absolute atomic E-state index is 0.120. The van der Waals surface area contributed by atoms with Crippen LogP contribution in [-0.2, 0) is 22.6 Å². The lowest BCUT2D eigenvalue weighted by Gasteiger charge is -2.09. The van der Waals surface area contributed by atoms with Crippen molar-refractivity contribution >= 4 is 29.1 Å². The summed E-state index contributed by atoms with van der Waals surface area (Å²) in [6.07, 6.45) is -0.239. The highest BCUT2D eigenvalue weighted by atomic mass is 35.5. The number of imidazole rings is 1. The monoisotopic (exact) mass is 446 g/mol. The van der Waals surface area contributed by atoms with Crippen molar-refractivity contribution in [3.63, 3.8) is 0 Å². The molecule has 1 aromatic carbocycles. The number of hydrogen-bond acceptors (Lipinski definition) is 7. The Balaban J connectivity index is 1.88. The van der Waals surface area contributed by atoms with Gasteiger partial charge in [0.25, 0.3) is 0 Å². The summed E-state index contributed by atoms with van der Waals surface area (Å²) in [5, 5.41) is 12.8. The van der Waals surface area contributed by atoms with E-state index in [2.05, 4.69) is 35.2 Å². The minimum Gasteiger partial charge on any atom is -0.337 e. The van der Waals surface area contributed by atoms with Crippen LogP contribution in [-0.4, -0.2) is 37.8 Å². The molecule has 0 fully saturated rings. The maximum absolute atomic E-state index is 13.4. The van der Waals surface area contributed by atoms with Gasteiger partial charge in [-0.2, -0.15) is 13.2 Å². The summed E-state index contributed by atoms with van der Waals surface area (Å²) >= 11 is 5.70. The minimum atomic E-state index is -5.26. The van der Waals surface area contributed by atoms with Crippen LogP contribution in [0.1, 0.15) is 11.4 Å².